The van der Waals surface area contributed by atoms with E-state index in [2.05, 4.69) is 24.0 Å². The zero-order chi connectivity index (χ0) is 24.1. The number of esters is 1. The van der Waals surface area contributed by atoms with Gasteiger partial charge in [-0.1, -0.05) is 24.8 Å². The van der Waals surface area contributed by atoms with Crippen molar-refractivity contribution in [2.45, 2.75) is 38.8 Å². The molecule has 2 heterocycles. The molecule has 1 fully saturated rings. The fourth-order valence-corrected chi connectivity index (χ4v) is 5.01. The van der Waals surface area contributed by atoms with Gasteiger partial charge < -0.3 is 24.4 Å². The number of likely N-dealkylation sites (tertiary alicyclic amines) is 1. The van der Waals surface area contributed by atoms with Gasteiger partial charge in [-0.2, -0.15) is 0 Å². The van der Waals surface area contributed by atoms with Gasteiger partial charge >= 0.3 is 12.1 Å². The number of carbonyl (C=O) groups is 2. The van der Waals surface area contributed by atoms with Crippen molar-refractivity contribution in [2.24, 2.45) is 5.92 Å². The van der Waals surface area contributed by atoms with Gasteiger partial charge in [-0.05, 0) is 68.1 Å². The van der Waals surface area contributed by atoms with E-state index in [0.29, 0.717) is 25.3 Å². The summed E-state index contributed by atoms with van der Waals surface area (Å²) in [6.45, 7) is 9.07. The van der Waals surface area contributed by atoms with Crippen LogP contribution >= 0.6 is 0 Å². The summed E-state index contributed by atoms with van der Waals surface area (Å²) in [5.41, 5.74) is 3.41. The van der Waals surface area contributed by atoms with Gasteiger partial charge in [0.05, 0.1) is 30.9 Å². The van der Waals surface area contributed by atoms with Crippen molar-refractivity contribution in [2.75, 3.05) is 31.7 Å². The molecule has 2 aliphatic heterocycles. The number of amides is 1. The summed E-state index contributed by atoms with van der Waals surface area (Å²) < 4.78 is 16.3. The summed E-state index contributed by atoms with van der Waals surface area (Å²) in [4.78, 5) is 27.3. The molecule has 0 radical (unpaired) electrons. The second-order valence-electron chi connectivity index (χ2n) is 8.46. The lowest BCUT2D eigenvalue weighted by atomic mass is 9.74. The summed E-state index contributed by atoms with van der Waals surface area (Å²) in [7, 11) is 0. The zero-order valence-corrected chi connectivity index (χ0v) is 19.8. The molecule has 0 saturated carbocycles. The number of benzene rings is 2. The van der Waals surface area contributed by atoms with Gasteiger partial charge in [0.25, 0.3) is 0 Å². The fourth-order valence-electron chi connectivity index (χ4n) is 5.01. The SMILES string of the molecule is C=CCOC(=O)N1CCC[C@H]2C(c3ccc(OCC)cc3)Nc3ccc(C(=O)OCC)cc3[C@H]21. The molecular weight excluding hydrogens is 432 g/mol. The summed E-state index contributed by atoms with van der Waals surface area (Å²) in [5.74, 6) is 0.566. The van der Waals surface area contributed by atoms with E-state index in [1.807, 2.05) is 31.2 Å². The Morgan fingerprint density at radius 1 is 1.12 bits per heavy atom. The number of ether oxygens (including phenoxy) is 3. The first-order valence-electron chi connectivity index (χ1n) is 11.9. The van der Waals surface area contributed by atoms with Crippen molar-refractivity contribution >= 4 is 17.7 Å². The van der Waals surface area contributed by atoms with E-state index in [1.54, 1.807) is 24.0 Å². The minimum absolute atomic E-state index is 0.00313. The number of hydrogen-bond donors (Lipinski definition) is 1. The van der Waals surface area contributed by atoms with Crippen LogP contribution in [0.5, 0.6) is 5.75 Å². The molecule has 2 aromatic rings. The van der Waals surface area contributed by atoms with Gasteiger partial charge in [0.15, 0.2) is 0 Å². The molecule has 2 aromatic carbocycles. The average molecular weight is 465 g/mol. The highest BCUT2D eigenvalue weighted by Crippen LogP contribution is 2.50. The Labute approximate surface area is 200 Å². The molecule has 0 aromatic heterocycles. The Morgan fingerprint density at radius 2 is 1.91 bits per heavy atom. The van der Waals surface area contributed by atoms with Gasteiger partial charge in [-0.3, -0.25) is 0 Å². The predicted molar refractivity (Wildman–Crippen MR) is 130 cm³/mol. The third-order valence-electron chi connectivity index (χ3n) is 6.41. The highest BCUT2D eigenvalue weighted by Gasteiger charge is 2.45. The molecule has 0 spiro atoms. The summed E-state index contributed by atoms with van der Waals surface area (Å²) >= 11 is 0. The molecule has 0 aliphatic carbocycles. The molecule has 3 atom stereocenters. The van der Waals surface area contributed by atoms with Gasteiger partial charge in [0, 0.05) is 18.2 Å². The average Bonchev–Trinajstić information content (AvgIpc) is 2.87. The van der Waals surface area contributed by atoms with E-state index in [1.165, 1.54) is 0 Å². The van der Waals surface area contributed by atoms with Crippen LogP contribution in [0, 0.1) is 5.92 Å². The molecule has 1 unspecified atom stereocenters. The Kier molecular flexibility index (Phi) is 7.40. The molecule has 180 valence electrons. The number of fused-ring (bicyclic) bond motifs is 3. The van der Waals surface area contributed by atoms with E-state index in [9.17, 15) is 9.59 Å². The second-order valence-corrected chi connectivity index (χ2v) is 8.46. The first kappa shape index (κ1) is 23.7. The van der Waals surface area contributed by atoms with Crippen LogP contribution in [0.3, 0.4) is 0 Å². The van der Waals surface area contributed by atoms with Crippen molar-refractivity contribution in [3.05, 3.63) is 71.8 Å². The predicted octanol–water partition coefficient (Wildman–Crippen LogP) is 5.50. The Bertz CT molecular complexity index is 1040. The van der Waals surface area contributed by atoms with Crippen LogP contribution in [0.15, 0.2) is 55.1 Å². The van der Waals surface area contributed by atoms with Crippen LogP contribution in [-0.4, -0.2) is 43.3 Å². The number of nitrogens with one attached hydrogen (secondary N) is 1. The van der Waals surface area contributed by atoms with Crippen LogP contribution in [0.1, 0.15) is 60.3 Å². The molecule has 1 N–H and O–H groups in total. The van der Waals surface area contributed by atoms with Crippen molar-refractivity contribution < 1.29 is 23.8 Å². The number of anilines is 1. The molecule has 1 amide bonds. The van der Waals surface area contributed by atoms with E-state index in [-0.39, 0.29) is 36.7 Å². The molecule has 4 rings (SSSR count). The highest BCUT2D eigenvalue weighted by atomic mass is 16.6. The number of hydrogen-bond acceptors (Lipinski definition) is 6. The maximum atomic E-state index is 13.0. The van der Waals surface area contributed by atoms with Crippen LogP contribution < -0.4 is 10.1 Å². The topological polar surface area (TPSA) is 77.1 Å². The van der Waals surface area contributed by atoms with Gasteiger partial charge in [-0.25, -0.2) is 9.59 Å². The maximum Gasteiger partial charge on any atom is 0.410 e. The first-order chi connectivity index (χ1) is 16.6. The van der Waals surface area contributed by atoms with Crippen LogP contribution in [0.4, 0.5) is 10.5 Å². The van der Waals surface area contributed by atoms with Crippen LogP contribution in [-0.2, 0) is 9.47 Å². The Morgan fingerprint density at radius 3 is 2.62 bits per heavy atom. The largest absolute Gasteiger partial charge is 0.494 e. The third-order valence-corrected chi connectivity index (χ3v) is 6.41. The summed E-state index contributed by atoms with van der Waals surface area (Å²) in [6, 6.07) is 13.4. The number of nitrogens with zero attached hydrogens (tertiary/aromatic N) is 1. The first-order valence-corrected chi connectivity index (χ1v) is 11.9. The lowest BCUT2D eigenvalue weighted by Crippen LogP contribution is -2.48. The molecule has 2 aliphatic rings. The number of rotatable bonds is 7. The van der Waals surface area contributed by atoms with Crippen molar-refractivity contribution in [3.63, 3.8) is 0 Å². The zero-order valence-electron chi connectivity index (χ0n) is 19.8. The normalized spacial score (nSPS) is 20.9. The van der Waals surface area contributed by atoms with E-state index in [4.69, 9.17) is 14.2 Å². The van der Waals surface area contributed by atoms with E-state index in [0.717, 1.165) is 35.4 Å². The van der Waals surface area contributed by atoms with Gasteiger partial charge in [0.1, 0.15) is 12.4 Å². The second kappa shape index (κ2) is 10.6. The summed E-state index contributed by atoms with van der Waals surface area (Å²) in [5, 5.41) is 3.68. The Hall–Kier alpha value is -3.48. The molecule has 7 nitrogen and oxygen atoms in total. The maximum absolute atomic E-state index is 13.0. The standard InChI is InChI=1S/C27H32N2O5/c1-4-16-34-27(31)29-15-7-8-21-24(18-9-12-20(13-10-18)32-5-2)28-23-14-11-19(26(30)33-6-3)17-22(23)25(21)29/h4,9-14,17,21,24-25,28H,1,5-8,15-16H2,2-3H3/t21-,24?,25-/m0/s1. The van der Waals surface area contributed by atoms with Crippen LogP contribution in [0.2, 0.25) is 0 Å². The minimum Gasteiger partial charge on any atom is -0.494 e. The van der Waals surface area contributed by atoms with Crippen molar-refractivity contribution in [3.8, 4) is 5.75 Å². The quantitative estimate of drug-likeness (QED) is 0.430. The molecule has 7 heteroatoms. The van der Waals surface area contributed by atoms with E-state index >= 15 is 0 Å². The van der Waals surface area contributed by atoms with Gasteiger partial charge in [0.2, 0.25) is 0 Å². The Balaban J connectivity index is 1.74. The van der Waals surface area contributed by atoms with Gasteiger partial charge in [-0.15, -0.1) is 0 Å². The van der Waals surface area contributed by atoms with Crippen molar-refractivity contribution in [1.29, 1.82) is 0 Å². The fraction of sp³-hybridized carbons (Fsp3) is 0.407. The lowest BCUT2D eigenvalue weighted by Gasteiger charge is -2.48. The third kappa shape index (κ3) is 4.74. The monoisotopic (exact) mass is 464 g/mol. The number of carbonyl (C=O) groups excluding carboxylic acids is 2. The molecular formula is C27H32N2O5. The summed E-state index contributed by atoms with van der Waals surface area (Å²) in [6.07, 6.45) is 3.00. The molecule has 0 bridgehead atoms. The molecule has 1 saturated heterocycles. The van der Waals surface area contributed by atoms with E-state index < -0.39 is 0 Å². The lowest BCUT2D eigenvalue weighted by molar-refractivity contribution is 0.0501. The smallest absolute Gasteiger partial charge is 0.410 e. The minimum atomic E-state index is -0.368. The van der Waals surface area contributed by atoms with Crippen molar-refractivity contribution in [1.82, 2.24) is 4.90 Å². The molecule has 34 heavy (non-hydrogen) atoms. The van der Waals surface area contributed by atoms with Crippen LogP contribution in [0.25, 0.3) is 0 Å². The number of piperidine rings is 1. The highest BCUT2D eigenvalue weighted by molar-refractivity contribution is 5.90.